The Bertz CT molecular complexity index is 827. The number of nitrogens with two attached hydrogens (primary N) is 1. The highest BCUT2D eigenvalue weighted by molar-refractivity contribution is 7.99. The summed E-state index contributed by atoms with van der Waals surface area (Å²) in [6, 6.07) is 2.06. The van der Waals surface area contributed by atoms with Crippen LogP contribution in [0.2, 0.25) is 0 Å². The lowest BCUT2D eigenvalue weighted by Crippen LogP contribution is -2.13. The van der Waals surface area contributed by atoms with Crippen molar-refractivity contribution in [2.45, 2.75) is 45.7 Å². The van der Waals surface area contributed by atoms with E-state index in [1.807, 2.05) is 27.8 Å². The molecular formula is C18H24N4O2S. The van der Waals surface area contributed by atoms with E-state index in [0.717, 1.165) is 22.3 Å². The number of carbonyl (C=O) groups is 2. The quantitative estimate of drug-likeness (QED) is 0.605. The lowest BCUT2D eigenvalue weighted by Gasteiger charge is -2.14. The number of nitrogens with zero attached hydrogens (tertiary/aromatic N) is 3. The molecule has 0 saturated heterocycles. The van der Waals surface area contributed by atoms with Gasteiger partial charge in [-0.05, 0) is 49.9 Å². The van der Waals surface area contributed by atoms with Gasteiger partial charge in [-0.15, -0.1) is 10.2 Å². The summed E-state index contributed by atoms with van der Waals surface area (Å²) in [5.41, 5.74) is 10.4. The smallest absolute Gasteiger partial charge is 0.217 e. The number of hydrogen-bond acceptors (Lipinski definition) is 5. The fourth-order valence-electron chi connectivity index (χ4n) is 2.84. The second-order valence-electron chi connectivity index (χ2n) is 6.27. The highest BCUT2D eigenvalue weighted by atomic mass is 32.2. The minimum atomic E-state index is -0.368. The SMILES string of the molecule is Cc1cc(C)c(C(=O)CSc2nnc(CCC(N)=O)n2C)c(C)c1C. The summed E-state index contributed by atoms with van der Waals surface area (Å²) in [6.07, 6.45) is 0.680. The molecule has 25 heavy (non-hydrogen) atoms. The van der Waals surface area contributed by atoms with Crippen LogP contribution in [0.5, 0.6) is 0 Å². The first-order valence-corrected chi connectivity index (χ1v) is 9.10. The number of amides is 1. The third-order valence-corrected chi connectivity index (χ3v) is 5.51. The Morgan fingerprint density at radius 2 is 1.80 bits per heavy atom. The van der Waals surface area contributed by atoms with Crippen molar-refractivity contribution in [2.75, 3.05) is 5.75 Å². The maximum atomic E-state index is 12.7. The predicted octanol–water partition coefficient (Wildman–Crippen LogP) is 2.44. The van der Waals surface area contributed by atoms with E-state index in [4.69, 9.17) is 5.73 Å². The molecule has 134 valence electrons. The van der Waals surface area contributed by atoms with Gasteiger partial charge in [0, 0.05) is 25.5 Å². The predicted molar refractivity (Wildman–Crippen MR) is 99.0 cm³/mol. The molecule has 0 aliphatic heterocycles. The Hall–Kier alpha value is -2.15. The average Bonchev–Trinajstić information content (AvgIpc) is 2.89. The van der Waals surface area contributed by atoms with Crippen molar-refractivity contribution in [1.29, 1.82) is 0 Å². The summed E-state index contributed by atoms with van der Waals surface area (Å²) < 4.78 is 1.81. The van der Waals surface area contributed by atoms with E-state index < -0.39 is 0 Å². The van der Waals surface area contributed by atoms with E-state index >= 15 is 0 Å². The molecule has 0 saturated carbocycles. The molecule has 1 heterocycles. The number of benzene rings is 1. The summed E-state index contributed by atoms with van der Waals surface area (Å²) in [7, 11) is 1.83. The molecule has 0 atom stereocenters. The van der Waals surface area contributed by atoms with Gasteiger partial charge in [-0.25, -0.2) is 0 Å². The molecule has 1 amide bonds. The minimum Gasteiger partial charge on any atom is -0.370 e. The van der Waals surface area contributed by atoms with Crippen LogP contribution in [0.4, 0.5) is 0 Å². The number of carbonyl (C=O) groups excluding carboxylic acids is 2. The molecule has 1 aromatic carbocycles. The Balaban J connectivity index is 2.11. The Kier molecular flexibility index (Phi) is 6.00. The number of hydrogen-bond donors (Lipinski definition) is 1. The van der Waals surface area contributed by atoms with Gasteiger partial charge in [0.05, 0.1) is 5.75 Å². The first-order valence-electron chi connectivity index (χ1n) is 8.12. The monoisotopic (exact) mass is 360 g/mol. The second kappa shape index (κ2) is 7.82. The van der Waals surface area contributed by atoms with E-state index in [1.54, 1.807) is 4.57 Å². The molecule has 0 bridgehead atoms. The lowest BCUT2D eigenvalue weighted by molar-refractivity contribution is -0.118. The summed E-state index contributed by atoms with van der Waals surface area (Å²) in [4.78, 5) is 23.6. The third kappa shape index (κ3) is 4.28. The van der Waals surface area contributed by atoms with Gasteiger partial charge in [0.1, 0.15) is 5.82 Å². The second-order valence-corrected chi connectivity index (χ2v) is 7.21. The van der Waals surface area contributed by atoms with E-state index in [0.29, 0.717) is 23.2 Å². The Labute approximate surface area is 152 Å². The molecular weight excluding hydrogens is 336 g/mol. The molecule has 0 aliphatic rings. The maximum Gasteiger partial charge on any atom is 0.217 e. The van der Waals surface area contributed by atoms with Gasteiger partial charge in [0.15, 0.2) is 10.9 Å². The highest BCUT2D eigenvalue weighted by Gasteiger charge is 2.17. The fraction of sp³-hybridized carbons (Fsp3) is 0.444. The molecule has 7 heteroatoms. The lowest BCUT2D eigenvalue weighted by atomic mass is 9.92. The van der Waals surface area contributed by atoms with Crippen LogP contribution in [-0.2, 0) is 18.3 Å². The Morgan fingerprint density at radius 1 is 1.12 bits per heavy atom. The van der Waals surface area contributed by atoms with Crippen molar-refractivity contribution in [3.05, 3.63) is 39.7 Å². The van der Waals surface area contributed by atoms with Gasteiger partial charge in [0.2, 0.25) is 5.91 Å². The molecule has 0 radical (unpaired) electrons. The van der Waals surface area contributed by atoms with Crippen molar-refractivity contribution in [2.24, 2.45) is 12.8 Å². The zero-order valence-electron chi connectivity index (χ0n) is 15.3. The number of primary amides is 1. The molecule has 1 aromatic heterocycles. The van der Waals surface area contributed by atoms with E-state index in [9.17, 15) is 9.59 Å². The van der Waals surface area contributed by atoms with Crippen LogP contribution in [0.25, 0.3) is 0 Å². The number of ketones is 1. The van der Waals surface area contributed by atoms with Crippen LogP contribution in [0.3, 0.4) is 0 Å². The molecule has 0 fully saturated rings. The van der Waals surface area contributed by atoms with Gasteiger partial charge in [0.25, 0.3) is 0 Å². The largest absolute Gasteiger partial charge is 0.370 e. The van der Waals surface area contributed by atoms with Gasteiger partial charge in [-0.2, -0.15) is 0 Å². The summed E-state index contributed by atoms with van der Waals surface area (Å²) >= 11 is 1.36. The number of rotatable bonds is 7. The van der Waals surface area contributed by atoms with Gasteiger partial charge in [-0.3, -0.25) is 9.59 Å². The van der Waals surface area contributed by atoms with E-state index in [2.05, 4.69) is 23.2 Å². The third-order valence-electron chi connectivity index (χ3n) is 4.49. The first-order chi connectivity index (χ1) is 11.7. The average molecular weight is 360 g/mol. The minimum absolute atomic E-state index is 0.0878. The van der Waals surface area contributed by atoms with Gasteiger partial charge in [-0.1, -0.05) is 17.8 Å². The number of Topliss-reactive ketones (excluding diaryl/α,β-unsaturated/α-hetero) is 1. The molecule has 0 spiro atoms. The van der Waals surface area contributed by atoms with E-state index in [1.165, 1.54) is 17.3 Å². The van der Waals surface area contributed by atoms with Crippen molar-refractivity contribution < 1.29 is 9.59 Å². The normalized spacial score (nSPS) is 10.9. The maximum absolute atomic E-state index is 12.7. The van der Waals surface area contributed by atoms with Crippen molar-refractivity contribution in [3.63, 3.8) is 0 Å². The van der Waals surface area contributed by atoms with Crippen molar-refractivity contribution in [1.82, 2.24) is 14.8 Å². The molecule has 0 aliphatic carbocycles. The van der Waals surface area contributed by atoms with Crippen molar-refractivity contribution in [3.8, 4) is 0 Å². The van der Waals surface area contributed by atoms with Crippen LogP contribution >= 0.6 is 11.8 Å². The topological polar surface area (TPSA) is 90.9 Å². The van der Waals surface area contributed by atoms with Crippen LogP contribution in [0, 0.1) is 27.7 Å². The van der Waals surface area contributed by atoms with Gasteiger partial charge >= 0.3 is 0 Å². The number of thioether (sulfide) groups is 1. The van der Waals surface area contributed by atoms with E-state index in [-0.39, 0.29) is 18.1 Å². The zero-order valence-corrected chi connectivity index (χ0v) is 16.2. The molecule has 2 N–H and O–H groups in total. The fourth-order valence-corrected chi connectivity index (χ4v) is 3.64. The molecule has 2 rings (SSSR count). The molecule has 6 nitrogen and oxygen atoms in total. The van der Waals surface area contributed by atoms with Crippen LogP contribution in [0.1, 0.15) is 44.9 Å². The number of aromatic nitrogens is 3. The standard InChI is InChI=1S/C18H24N4O2S/c1-10-8-11(2)17(13(4)12(10)3)14(23)9-25-18-21-20-16(22(18)5)7-6-15(19)24/h8H,6-7,9H2,1-5H3,(H2,19,24). The zero-order chi connectivity index (χ0) is 18.7. The summed E-state index contributed by atoms with van der Waals surface area (Å²) in [5, 5.41) is 8.84. The van der Waals surface area contributed by atoms with Crippen LogP contribution in [0.15, 0.2) is 11.2 Å². The van der Waals surface area contributed by atoms with Crippen LogP contribution in [-0.4, -0.2) is 32.2 Å². The Morgan fingerprint density at radius 3 is 2.44 bits per heavy atom. The van der Waals surface area contributed by atoms with Gasteiger partial charge < -0.3 is 10.3 Å². The molecule has 2 aromatic rings. The summed E-state index contributed by atoms with van der Waals surface area (Å²) in [6.45, 7) is 8.08. The highest BCUT2D eigenvalue weighted by Crippen LogP contribution is 2.25. The first kappa shape index (κ1) is 19.2. The molecule has 0 unspecified atom stereocenters. The summed E-state index contributed by atoms with van der Waals surface area (Å²) in [5.74, 6) is 0.705. The van der Waals surface area contributed by atoms with Crippen molar-refractivity contribution >= 4 is 23.5 Å². The number of aryl methyl sites for hydroxylation is 3. The van der Waals surface area contributed by atoms with Crippen LogP contribution < -0.4 is 5.73 Å².